The molecule has 18 heavy (non-hydrogen) atoms. The van der Waals surface area contributed by atoms with Gasteiger partial charge in [-0.05, 0) is 12.5 Å². The second-order valence-corrected chi connectivity index (χ2v) is 4.28. The largest absolute Gasteiger partial charge is 0.469 e. The van der Waals surface area contributed by atoms with Crippen LogP contribution in [0.3, 0.4) is 0 Å². The van der Waals surface area contributed by atoms with Crippen LogP contribution in [0.1, 0.15) is 12.0 Å². The van der Waals surface area contributed by atoms with E-state index in [2.05, 4.69) is 14.7 Å². The summed E-state index contributed by atoms with van der Waals surface area (Å²) in [5.41, 5.74) is 1.03. The van der Waals surface area contributed by atoms with E-state index in [0.717, 1.165) is 12.1 Å². The second-order valence-electron chi connectivity index (χ2n) is 4.28. The van der Waals surface area contributed by atoms with Gasteiger partial charge in [-0.3, -0.25) is 4.79 Å². The maximum atomic E-state index is 11.2. The summed E-state index contributed by atoms with van der Waals surface area (Å²) in [6.45, 7) is 3.86. The van der Waals surface area contributed by atoms with Gasteiger partial charge in [-0.15, -0.1) is 0 Å². The first-order valence-corrected chi connectivity index (χ1v) is 5.91. The van der Waals surface area contributed by atoms with E-state index in [9.17, 15) is 4.79 Å². The van der Waals surface area contributed by atoms with E-state index < -0.39 is 0 Å². The molecule has 2 heterocycles. The highest BCUT2D eigenvalue weighted by molar-refractivity contribution is 5.69. The molecule has 0 N–H and O–H groups in total. The molecule has 1 atom stereocenters. The van der Waals surface area contributed by atoms with Crippen LogP contribution in [-0.2, 0) is 14.3 Å². The monoisotopic (exact) mass is 251 g/mol. The smallest absolute Gasteiger partial charge is 0.308 e. The molecule has 6 nitrogen and oxygen atoms in total. The number of aromatic nitrogens is 2. The average molecular weight is 251 g/mol. The lowest BCUT2D eigenvalue weighted by Gasteiger charge is -2.32. The molecule has 1 unspecified atom stereocenters. The van der Waals surface area contributed by atoms with E-state index in [1.54, 1.807) is 12.4 Å². The fraction of sp³-hybridized carbons (Fsp3) is 0.583. The van der Waals surface area contributed by atoms with Gasteiger partial charge in [0.15, 0.2) is 0 Å². The lowest BCUT2D eigenvalue weighted by atomic mass is 10.2. The highest BCUT2D eigenvalue weighted by atomic mass is 16.5. The lowest BCUT2D eigenvalue weighted by Crippen LogP contribution is -2.44. The molecular formula is C12H17N3O3. The lowest BCUT2D eigenvalue weighted by molar-refractivity contribution is -0.144. The van der Waals surface area contributed by atoms with Gasteiger partial charge in [0, 0.05) is 25.5 Å². The van der Waals surface area contributed by atoms with Gasteiger partial charge < -0.3 is 14.4 Å². The average Bonchev–Trinajstić information content (AvgIpc) is 2.40. The van der Waals surface area contributed by atoms with Crippen molar-refractivity contribution in [3.05, 3.63) is 18.0 Å². The Morgan fingerprint density at radius 2 is 2.28 bits per heavy atom. The second kappa shape index (κ2) is 5.77. The van der Waals surface area contributed by atoms with Crippen molar-refractivity contribution in [2.45, 2.75) is 19.4 Å². The summed E-state index contributed by atoms with van der Waals surface area (Å²) in [5.74, 6) is 0.422. The van der Waals surface area contributed by atoms with Gasteiger partial charge in [0.2, 0.25) is 5.95 Å². The van der Waals surface area contributed by atoms with Gasteiger partial charge in [0.25, 0.3) is 0 Å². The van der Waals surface area contributed by atoms with Gasteiger partial charge in [-0.25, -0.2) is 9.97 Å². The Kier molecular flexibility index (Phi) is 4.09. The molecule has 1 aromatic heterocycles. The van der Waals surface area contributed by atoms with Crippen molar-refractivity contribution in [1.29, 1.82) is 0 Å². The Labute approximate surface area is 106 Å². The van der Waals surface area contributed by atoms with Crippen molar-refractivity contribution in [3.63, 3.8) is 0 Å². The number of hydrogen-bond donors (Lipinski definition) is 0. The van der Waals surface area contributed by atoms with Crippen LogP contribution in [0.4, 0.5) is 5.95 Å². The topological polar surface area (TPSA) is 64.5 Å². The SMILES string of the molecule is COC(=O)CC1CN(c2ncc(C)cn2)CCO1. The molecule has 6 heteroatoms. The van der Waals surface area contributed by atoms with Crippen molar-refractivity contribution in [2.75, 3.05) is 31.7 Å². The van der Waals surface area contributed by atoms with Crippen molar-refractivity contribution in [1.82, 2.24) is 9.97 Å². The third-order valence-corrected chi connectivity index (χ3v) is 2.81. The molecular weight excluding hydrogens is 234 g/mol. The van der Waals surface area contributed by atoms with Gasteiger partial charge in [-0.1, -0.05) is 0 Å². The number of carbonyl (C=O) groups excluding carboxylic acids is 1. The summed E-state index contributed by atoms with van der Waals surface area (Å²) in [4.78, 5) is 21.8. The van der Waals surface area contributed by atoms with Crippen LogP contribution in [0, 0.1) is 6.92 Å². The van der Waals surface area contributed by atoms with E-state index in [0.29, 0.717) is 19.1 Å². The summed E-state index contributed by atoms with van der Waals surface area (Å²) in [6, 6.07) is 0. The summed E-state index contributed by atoms with van der Waals surface area (Å²) in [7, 11) is 1.38. The summed E-state index contributed by atoms with van der Waals surface area (Å²) in [6.07, 6.45) is 3.68. The normalized spacial score (nSPS) is 19.7. The Morgan fingerprint density at radius 1 is 1.56 bits per heavy atom. The van der Waals surface area contributed by atoms with Crippen LogP contribution >= 0.6 is 0 Å². The zero-order valence-corrected chi connectivity index (χ0v) is 10.6. The predicted molar refractivity (Wildman–Crippen MR) is 65.4 cm³/mol. The van der Waals surface area contributed by atoms with Crippen molar-refractivity contribution < 1.29 is 14.3 Å². The number of esters is 1. The van der Waals surface area contributed by atoms with E-state index in [1.165, 1.54) is 7.11 Å². The number of nitrogens with zero attached hydrogens (tertiary/aromatic N) is 3. The van der Waals surface area contributed by atoms with Crippen LogP contribution in [0.25, 0.3) is 0 Å². The zero-order valence-electron chi connectivity index (χ0n) is 10.6. The molecule has 0 amide bonds. The quantitative estimate of drug-likeness (QED) is 0.731. The molecule has 1 aliphatic rings. The number of anilines is 1. The van der Waals surface area contributed by atoms with E-state index in [1.807, 2.05) is 11.8 Å². The summed E-state index contributed by atoms with van der Waals surface area (Å²) < 4.78 is 10.2. The molecule has 0 aliphatic carbocycles. The van der Waals surface area contributed by atoms with Crippen LogP contribution in [0.2, 0.25) is 0 Å². The van der Waals surface area contributed by atoms with Crippen LogP contribution in [-0.4, -0.2) is 48.8 Å². The maximum Gasteiger partial charge on any atom is 0.308 e. The number of carbonyl (C=O) groups is 1. The molecule has 1 aliphatic heterocycles. The molecule has 1 aromatic rings. The molecule has 1 saturated heterocycles. The highest BCUT2D eigenvalue weighted by Gasteiger charge is 2.24. The van der Waals surface area contributed by atoms with Gasteiger partial charge in [-0.2, -0.15) is 0 Å². The van der Waals surface area contributed by atoms with Crippen LogP contribution in [0.15, 0.2) is 12.4 Å². The first-order valence-electron chi connectivity index (χ1n) is 5.91. The number of morpholine rings is 1. The Balaban J connectivity index is 1.98. The number of hydrogen-bond acceptors (Lipinski definition) is 6. The maximum absolute atomic E-state index is 11.2. The molecule has 1 fully saturated rings. The first-order chi connectivity index (χ1) is 8.69. The Bertz CT molecular complexity index is 408. The molecule has 0 bridgehead atoms. The minimum atomic E-state index is -0.258. The number of aryl methyl sites for hydroxylation is 1. The van der Waals surface area contributed by atoms with E-state index in [4.69, 9.17) is 4.74 Å². The molecule has 0 saturated carbocycles. The summed E-state index contributed by atoms with van der Waals surface area (Å²) >= 11 is 0. The molecule has 98 valence electrons. The minimum absolute atomic E-state index is 0.156. The van der Waals surface area contributed by atoms with Crippen LogP contribution in [0.5, 0.6) is 0 Å². The van der Waals surface area contributed by atoms with Gasteiger partial charge in [0.05, 0.1) is 26.2 Å². The fourth-order valence-electron chi connectivity index (χ4n) is 1.84. The Hall–Kier alpha value is -1.69. The molecule has 0 spiro atoms. The minimum Gasteiger partial charge on any atom is -0.469 e. The van der Waals surface area contributed by atoms with Crippen molar-refractivity contribution >= 4 is 11.9 Å². The van der Waals surface area contributed by atoms with Crippen molar-refractivity contribution in [3.8, 4) is 0 Å². The van der Waals surface area contributed by atoms with E-state index in [-0.39, 0.29) is 18.5 Å². The van der Waals surface area contributed by atoms with Crippen LogP contribution < -0.4 is 4.90 Å². The number of methoxy groups -OCH3 is 1. The first kappa shape index (κ1) is 12.8. The van der Waals surface area contributed by atoms with E-state index >= 15 is 0 Å². The van der Waals surface area contributed by atoms with Gasteiger partial charge >= 0.3 is 5.97 Å². The molecule has 0 aromatic carbocycles. The molecule has 2 rings (SSSR count). The predicted octanol–water partition coefficient (Wildman–Crippen LogP) is 0.553. The Morgan fingerprint density at radius 3 is 2.94 bits per heavy atom. The number of rotatable bonds is 3. The van der Waals surface area contributed by atoms with Gasteiger partial charge in [0.1, 0.15) is 0 Å². The standard InChI is InChI=1S/C12H17N3O3/c1-9-6-13-12(14-7-9)15-3-4-18-10(8-15)5-11(16)17-2/h6-7,10H,3-5,8H2,1-2H3. The summed E-state index contributed by atoms with van der Waals surface area (Å²) in [5, 5.41) is 0. The fourth-order valence-corrected chi connectivity index (χ4v) is 1.84. The zero-order chi connectivity index (χ0) is 13.0. The van der Waals surface area contributed by atoms with Crippen molar-refractivity contribution in [2.24, 2.45) is 0 Å². The molecule has 0 radical (unpaired) electrons. The number of ether oxygens (including phenoxy) is 2. The third kappa shape index (κ3) is 3.16. The highest BCUT2D eigenvalue weighted by Crippen LogP contribution is 2.14. The third-order valence-electron chi connectivity index (χ3n) is 2.81.